The average molecular weight is 208 g/mol. The summed E-state index contributed by atoms with van der Waals surface area (Å²) in [5.41, 5.74) is 5.85. The number of benzene rings is 1. The molecule has 0 saturated carbocycles. The molecular weight excluding hydrogens is 188 g/mol. The Labute approximate surface area is 95.3 Å². The lowest BCUT2D eigenvalue weighted by molar-refractivity contribution is 0.955. The van der Waals surface area contributed by atoms with Gasteiger partial charge in [-0.1, -0.05) is 30.3 Å². The third-order valence-corrected chi connectivity index (χ3v) is 1.49. The summed E-state index contributed by atoms with van der Waals surface area (Å²) in [6.07, 6.45) is -0.155. The molecule has 0 spiro atoms. The second-order valence-electron chi connectivity index (χ2n) is 2.90. The van der Waals surface area contributed by atoms with E-state index in [2.05, 4.69) is 10.3 Å². The summed E-state index contributed by atoms with van der Waals surface area (Å²) in [5.74, 6) is -0.127. The monoisotopic (exact) mass is 208 g/mol. The van der Waals surface area contributed by atoms with E-state index in [1.807, 2.05) is 0 Å². The Kier molecular flexibility index (Phi) is 2.55. The topological polar surface area (TPSA) is 74.3 Å². The SMILES string of the molecule is [2H]c1cccc(CC([2H])([2H])N=C(N)NC(C)=N)c1[2H]. The fourth-order valence-corrected chi connectivity index (χ4v) is 0.921. The number of nitrogens with zero attached hydrogens (tertiary/aromatic N) is 1. The van der Waals surface area contributed by atoms with Gasteiger partial charge < -0.3 is 11.1 Å². The van der Waals surface area contributed by atoms with Crippen molar-refractivity contribution in [3.63, 3.8) is 0 Å². The van der Waals surface area contributed by atoms with Crippen molar-refractivity contribution in [3.8, 4) is 0 Å². The van der Waals surface area contributed by atoms with Crippen LogP contribution in [0, 0.1) is 5.41 Å². The summed E-state index contributed by atoms with van der Waals surface area (Å²) < 4.78 is 30.7. The van der Waals surface area contributed by atoms with Gasteiger partial charge in [-0.15, -0.1) is 0 Å². The molecule has 1 aromatic rings. The standard InChI is InChI=1S/C11H16N4/c1-9(12)15-11(13)14-8-7-10-5-3-2-4-6-10/h2-6H,7-8H2,1H3,(H4,12,13,14,15)/i3D,5D,8D2. The molecule has 1 aromatic carbocycles. The van der Waals surface area contributed by atoms with Crippen LogP contribution in [0.5, 0.6) is 0 Å². The Morgan fingerprint density at radius 2 is 2.53 bits per heavy atom. The Bertz CT molecular complexity index is 513. The van der Waals surface area contributed by atoms with Gasteiger partial charge in [-0.05, 0) is 18.9 Å². The lowest BCUT2D eigenvalue weighted by Crippen LogP contribution is -2.35. The average Bonchev–Trinajstić information content (AvgIpc) is 2.22. The van der Waals surface area contributed by atoms with Crippen LogP contribution < -0.4 is 11.1 Å². The van der Waals surface area contributed by atoms with Crippen molar-refractivity contribution in [1.82, 2.24) is 5.32 Å². The minimum Gasteiger partial charge on any atom is -0.370 e. The van der Waals surface area contributed by atoms with Crippen LogP contribution >= 0.6 is 0 Å². The highest BCUT2D eigenvalue weighted by Crippen LogP contribution is 1.98. The molecule has 0 aromatic heterocycles. The van der Waals surface area contributed by atoms with Gasteiger partial charge in [-0.25, -0.2) is 0 Å². The Morgan fingerprint density at radius 3 is 3.27 bits per heavy atom. The zero-order chi connectivity index (χ0) is 14.6. The summed E-state index contributed by atoms with van der Waals surface area (Å²) in [6.45, 7) is -0.542. The first kappa shape index (κ1) is 6.61. The van der Waals surface area contributed by atoms with Gasteiger partial charge in [0.1, 0.15) is 0 Å². The number of rotatable bonds is 3. The molecule has 15 heavy (non-hydrogen) atoms. The van der Waals surface area contributed by atoms with Crippen molar-refractivity contribution in [1.29, 1.82) is 5.41 Å². The molecule has 0 unspecified atom stereocenters. The first-order valence-corrected chi connectivity index (χ1v) is 4.44. The first-order chi connectivity index (χ1) is 8.71. The summed E-state index contributed by atoms with van der Waals surface area (Å²) in [7, 11) is 0. The van der Waals surface area contributed by atoms with E-state index in [0.717, 1.165) is 0 Å². The predicted octanol–water partition coefficient (Wildman–Crippen LogP) is 1.13. The van der Waals surface area contributed by atoms with Crippen molar-refractivity contribution >= 4 is 11.8 Å². The molecule has 4 nitrogen and oxygen atoms in total. The summed E-state index contributed by atoms with van der Waals surface area (Å²) >= 11 is 0. The van der Waals surface area contributed by atoms with Crippen molar-refractivity contribution in [2.45, 2.75) is 13.3 Å². The van der Waals surface area contributed by atoms with E-state index in [1.165, 1.54) is 13.0 Å². The Balaban J connectivity index is 2.90. The number of guanidine groups is 1. The second kappa shape index (κ2) is 5.80. The van der Waals surface area contributed by atoms with E-state index in [0.29, 0.717) is 5.56 Å². The maximum Gasteiger partial charge on any atom is 0.194 e. The fraction of sp³-hybridized carbons (Fsp3) is 0.273. The van der Waals surface area contributed by atoms with Gasteiger partial charge in [-0.3, -0.25) is 10.4 Å². The molecule has 4 heteroatoms. The van der Waals surface area contributed by atoms with Crippen LogP contribution in [0.1, 0.15) is 18.0 Å². The molecule has 0 heterocycles. The molecule has 0 atom stereocenters. The van der Waals surface area contributed by atoms with Crippen molar-refractivity contribution < 1.29 is 5.48 Å². The molecule has 0 bridgehead atoms. The molecule has 0 aliphatic heterocycles. The molecule has 0 aliphatic carbocycles. The number of hydrogen-bond acceptors (Lipinski definition) is 2. The van der Waals surface area contributed by atoms with E-state index in [9.17, 15) is 0 Å². The van der Waals surface area contributed by atoms with Crippen LogP contribution in [0.25, 0.3) is 0 Å². The minimum absolute atomic E-state index is 0.0173. The molecule has 80 valence electrons. The third kappa shape index (κ3) is 4.81. The normalized spacial score (nSPS) is 15.9. The lowest BCUT2D eigenvalue weighted by Gasteiger charge is -2.02. The second-order valence-corrected chi connectivity index (χ2v) is 2.90. The Hall–Kier alpha value is -1.84. The van der Waals surface area contributed by atoms with Gasteiger partial charge in [0.15, 0.2) is 5.96 Å². The van der Waals surface area contributed by atoms with Crippen LogP contribution in [0.2, 0.25) is 0 Å². The van der Waals surface area contributed by atoms with Crippen LogP contribution in [0.4, 0.5) is 0 Å². The summed E-state index contributed by atoms with van der Waals surface area (Å²) in [5, 5.41) is 9.56. The smallest absolute Gasteiger partial charge is 0.194 e. The number of nitrogens with two attached hydrogens (primary N) is 1. The molecule has 0 aliphatic rings. The molecule has 0 saturated heterocycles. The van der Waals surface area contributed by atoms with Gasteiger partial charge in [0, 0.05) is 6.50 Å². The molecule has 4 N–H and O–H groups in total. The largest absolute Gasteiger partial charge is 0.370 e. The van der Waals surface area contributed by atoms with Crippen LogP contribution in [0.15, 0.2) is 35.3 Å². The van der Waals surface area contributed by atoms with Gasteiger partial charge in [0.05, 0.1) is 11.3 Å². The highest BCUT2D eigenvalue weighted by molar-refractivity contribution is 5.96. The van der Waals surface area contributed by atoms with Crippen molar-refractivity contribution in [2.75, 3.05) is 6.50 Å². The Morgan fingerprint density at radius 1 is 1.73 bits per heavy atom. The highest BCUT2D eigenvalue weighted by Gasteiger charge is 1.92. The number of hydrogen-bond donors (Lipinski definition) is 3. The summed E-state index contributed by atoms with van der Waals surface area (Å²) in [4.78, 5) is 3.65. The number of nitrogens with one attached hydrogen (secondary N) is 2. The zero-order valence-electron chi connectivity index (χ0n) is 12.5. The quantitative estimate of drug-likeness (QED) is 0.514. The van der Waals surface area contributed by atoms with Gasteiger partial charge in [0.25, 0.3) is 0 Å². The summed E-state index contributed by atoms with van der Waals surface area (Å²) in [6, 6.07) is 4.67. The van der Waals surface area contributed by atoms with Crippen LogP contribution in [0.3, 0.4) is 0 Å². The number of aliphatic imine (C=N–C) groups is 1. The van der Waals surface area contributed by atoms with Gasteiger partial charge in [-0.2, -0.15) is 0 Å². The van der Waals surface area contributed by atoms with E-state index in [-0.39, 0.29) is 30.3 Å². The van der Waals surface area contributed by atoms with E-state index >= 15 is 0 Å². The fourth-order valence-electron chi connectivity index (χ4n) is 0.921. The molecule has 0 amide bonds. The minimum atomic E-state index is -2.00. The van der Waals surface area contributed by atoms with E-state index in [1.54, 1.807) is 12.1 Å². The van der Waals surface area contributed by atoms with Gasteiger partial charge in [0.2, 0.25) is 0 Å². The lowest BCUT2D eigenvalue weighted by atomic mass is 10.2. The highest BCUT2D eigenvalue weighted by atomic mass is 15.1. The molecule has 1 rings (SSSR count). The predicted molar refractivity (Wildman–Crippen MR) is 63.2 cm³/mol. The molecule has 0 radical (unpaired) electrons. The first-order valence-electron chi connectivity index (χ1n) is 6.44. The van der Waals surface area contributed by atoms with Gasteiger partial charge >= 0.3 is 0 Å². The van der Waals surface area contributed by atoms with Crippen LogP contribution in [-0.2, 0) is 6.42 Å². The van der Waals surface area contributed by atoms with Crippen LogP contribution in [-0.4, -0.2) is 18.3 Å². The molecule has 0 fully saturated rings. The third-order valence-electron chi connectivity index (χ3n) is 1.49. The van der Waals surface area contributed by atoms with Crippen molar-refractivity contribution in [3.05, 3.63) is 35.8 Å². The maximum atomic E-state index is 7.75. The molecular formula is C11H16N4. The number of amidine groups is 1. The van der Waals surface area contributed by atoms with Crippen molar-refractivity contribution in [2.24, 2.45) is 10.7 Å². The van der Waals surface area contributed by atoms with E-state index in [4.69, 9.17) is 16.6 Å². The zero-order valence-corrected chi connectivity index (χ0v) is 8.46. The van der Waals surface area contributed by atoms with E-state index < -0.39 is 6.50 Å². The number of aryl methyl sites for hydroxylation is 1. The maximum absolute atomic E-state index is 7.75.